The SMILES string of the molecule is CNCCc1cnsc1. The van der Waals surface area contributed by atoms with Crippen LogP contribution in [-0.4, -0.2) is 18.0 Å². The largest absolute Gasteiger partial charge is 0.319 e. The molecule has 2 nitrogen and oxygen atoms in total. The van der Waals surface area contributed by atoms with E-state index in [1.165, 1.54) is 17.1 Å². The second kappa shape index (κ2) is 3.58. The zero-order valence-electron chi connectivity index (χ0n) is 5.42. The van der Waals surface area contributed by atoms with Crippen molar-refractivity contribution in [3.05, 3.63) is 17.1 Å². The molecule has 9 heavy (non-hydrogen) atoms. The number of hydrogen-bond donors (Lipinski definition) is 1. The van der Waals surface area contributed by atoms with Gasteiger partial charge in [-0.3, -0.25) is 0 Å². The molecule has 1 aromatic heterocycles. The van der Waals surface area contributed by atoms with E-state index < -0.39 is 0 Å². The lowest BCUT2D eigenvalue weighted by molar-refractivity contribution is 0.792. The predicted molar refractivity (Wildman–Crippen MR) is 39.7 cm³/mol. The van der Waals surface area contributed by atoms with Crippen molar-refractivity contribution >= 4 is 11.5 Å². The molecule has 0 spiro atoms. The zero-order valence-corrected chi connectivity index (χ0v) is 6.24. The molecule has 50 valence electrons. The molecular weight excluding hydrogens is 132 g/mol. The minimum absolute atomic E-state index is 1.04. The van der Waals surface area contributed by atoms with Crippen LogP contribution in [0.3, 0.4) is 0 Å². The summed E-state index contributed by atoms with van der Waals surface area (Å²) < 4.78 is 3.99. The van der Waals surface area contributed by atoms with E-state index in [1.807, 2.05) is 13.2 Å². The molecule has 0 atom stereocenters. The van der Waals surface area contributed by atoms with Gasteiger partial charge in [0, 0.05) is 11.6 Å². The van der Waals surface area contributed by atoms with Gasteiger partial charge in [0.25, 0.3) is 0 Å². The third kappa shape index (κ3) is 2.11. The Morgan fingerprint density at radius 3 is 3.22 bits per heavy atom. The topological polar surface area (TPSA) is 24.9 Å². The van der Waals surface area contributed by atoms with E-state index in [4.69, 9.17) is 0 Å². The highest BCUT2D eigenvalue weighted by molar-refractivity contribution is 7.03. The van der Waals surface area contributed by atoms with Crippen molar-refractivity contribution in [2.24, 2.45) is 0 Å². The molecule has 3 heteroatoms. The van der Waals surface area contributed by atoms with Gasteiger partial charge in [-0.2, -0.15) is 0 Å². The van der Waals surface area contributed by atoms with Crippen LogP contribution in [0.25, 0.3) is 0 Å². The van der Waals surface area contributed by atoms with Crippen molar-refractivity contribution in [3.8, 4) is 0 Å². The molecule has 0 bridgehead atoms. The smallest absolute Gasteiger partial charge is 0.0439 e. The summed E-state index contributed by atoms with van der Waals surface area (Å²) in [7, 11) is 1.96. The molecule has 1 rings (SSSR count). The van der Waals surface area contributed by atoms with Crippen molar-refractivity contribution in [1.29, 1.82) is 0 Å². The highest BCUT2D eigenvalue weighted by atomic mass is 32.1. The third-order valence-corrected chi connectivity index (χ3v) is 1.78. The summed E-state index contributed by atoms with van der Waals surface area (Å²) in [6.45, 7) is 1.04. The van der Waals surface area contributed by atoms with E-state index in [9.17, 15) is 0 Å². The van der Waals surface area contributed by atoms with Gasteiger partial charge < -0.3 is 5.32 Å². The minimum Gasteiger partial charge on any atom is -0.319 e. The van der Waals surface area contributed by atoms with Crippen LogP contribution in [0.5, 0.6) is 0 Å². The molecule has 0 aromatic carbocycles. The highest BCUT2D eigenvalue weighted by Crippen LogP contribution is 2.00. The van der Waals surface area contributed by atoms with E-state index in [1.54, 1.807) is 0 Å². The average molecular weight is 142 g/mol. The first-order valence-corrected chi connectivity index (χ1v) is 3.80. The zero-order chi connectivity index (χ0) is 6.53. The van der Waals surface area contributed by atoms with Crippen molar-refractivity contribution < 1.29 is 0 Å². The quantitative estimate of drug-likeness (QED) is 0.678. The third-order valence-electron chi connectivity index (χ3n) is 1.15. The second-order valence-corrected chi connectivity index (χ2v) is 2.54. The second-order valence-electron chi connectivity index (χ2n) is 1.89. The van der Waals surface area contributed by atoms with Crippen LogP contribution in [0.15, 0.2) is 11.6 Å². The average Bonchev–Trinajstić information content (AvgIpc) is 2.34. The van der Waals surface area contributed by atoms with Crippen LogP contribution in [0.4, 0.5) is 0 Å². The summed E-state index contributed by atoms with van der Waals surface area (Å²) in [6, 6.07) is 0. The summed E-state index contributed by atoms with van der Waals surface area (Å²) >= 11 is 1.51. The molecule has 0 aliphatic carbocycles. The minimum atomic E-state index is 1.04. The van der Waals surface area contributed by atoms with Gasteiger partial charge >= 0.3 is 0 Å². The summed E-state index contributed by atoms with van der Waals surface area (Å²) in [6.07, 6.45) is 3.01. The molecule has 1 heterocycles. The Balaban J connectivity index is 2.30. The van der Waals surface area contributed by atoms with Crippen LogP contribution in [-0.2, 0) is 6.42 Å². The van der Waals surface area contributed by atoms with Crippen molar-refractivity contribution in [2.75, 3.05) is 13.6 Å². The summed E-state index contributed by atoms with van der Waals surface area (Å²) in [5.74, 6) is 0. The van der Waals surface area contributed by atoms with E-state index in [-0.39, 0.29) is 0 Å². The first-order valence-electron chi connectivity index (χ1n) is 2.96. The lowest BCUT2D eigenvalue weighted by atomic mass is 10.3. The van der Waals surface area contributed by atoms with E-state index in [0.717, 1.165) is 13.0 Å². The Bertz CT molecular complexity index is 148. The molecular formula is C6H10N2S. The summed E-state index contributed by atoms with van der Waals surface area (Å²) in [5.41, 5.74) is 1.33. The Morgan fingerprint density at radius 1 is 1.78 bits per heavy atom. The maximum absolute atomic E-state index is 3.99. The summed E-state index contributed by atoms with van der Waals surface area (Å²) in [5, 5.41) is 5.16. The lowest BCUT2D eigenvalue weighted by Gasteiger charge is -1.92. The number of rotatable bonds is 3. The van der Waals surface area contributed by atoms with Crippen LogP contribution in [0, 0.1) is 0 Å². The van der Waals surface area contributed by atoms with Crippen LogP contribution in [0.2, 0.25) is 0 Å². The standard InChI is InChI=1S/C6H10N2S/c1-7-3-2-6-4-8-9-5-6/h4-5,7H,2-3H2,1H3. The van der Waals surface area contributed by atoms with Gasteiger partial charge in [0.05, 0.1) is 0 Å². The molecule has 0 saturated heterocycles. The molecule has 1 N–H and O–H groups in total. The van der Waals surface area contributed by atoms with Crippen LogP contribution in [0.1, 0.15) is 5.56 Å². The van der Waals surface area contributed by atoms with Crippen molar-refractivity contribution in [1.82, 2.24) is 9.69 Å². The molecule has 0 fully saturated rings. The van der Waals surface area contributed by atoms with E-state index in [0.29, 0.717) is 0 Å². The molecule has 0 aliphatic rings. The maximum atomic E-state index is 3.99. The van der Waals surface area contributed by atoms with Crippen LogP contribution >= 0.6 is 11.5 Å². The van der Waals surface area contributed by atoms with Gasteiger partial charge in [0.2, 0.25) is 0 Å². The van der Waals surface area contributed by atoms with E-state index in [2.05, 4.69) is 15.1 Å². The Labute approximate surface area is 59.1 Å². The van der Waals surface area contributed by atoms with Gasteiger partial charge in [0.1, 0.15) is 0 Å². The number of nitrogens with one attached hydrogen (secondary N) is 1. The van der Waals surface area contributed by atoms with Gasteiger partial charge in [-0.1, -0.05) is 0 Å². The van der Waals surface area contributed by atoms with Crippen molar-refractivity contribution in [2.45, 2.75) is 6.42 Å². The first-order chi connectivity index (χ1) is 4.43. The maximum Gasteiger partial charge on any atom is 0.0439 e. The fraction of sp³-hybridized carbons (Fsp3) is 0.500. The Hall–Kier alpha value is -0.410. The van der Waals surface area contributed by atoms with Gasteiger partial charge in [0.15, 0.2) is 0 Å². The number of likely N-dealkylation sites (N-methyl/N-ethyl adjacent to an activating group) is 1. The van der Waals surface area contributed by atoms with Crippen LogP contribution < -0.4 is 5.32 Å². The van der Waals surface area contributed by atoms with Crippen molar-refractivity contribution in [3.63, 3.8) is 0 Å². The fourth-order valence-corrected chi connectivity index (χ4v) is 1.19. The first kappa shape index (κ1) is 6.71. The Morgan fingerprint density at radius 2 is 2.67 bits per heavy atom. The molecule has 0 amide bonds. The molecule has 0 saturated carbocycles. The molecule has 0 unspecified atom stereocenters. The molecule has 1 aromatic rings. The predicted octanol–water partition coefficient (Wildman–Crippen LogP) is 0.905. The fourth-order valence-electron chi connectivity index (χ4n) is 0.619. The number of hydrogen-bond acceptors (Lipinski definition) is 3. The Kier molecular flexibility index (Phi) is 2.67. The van der Waals surface area contributed by atoms with E-state index >= 15 is 0 Å². The lowest BCUT2D eigenvalue weighted by Crippen LogP contribution is -2.09. The number of nitrogens with zero attached hydrogens (tertiary/aromatic N) is 1. The van der Waals surface area contributed by atoms with Gasteiger partial charge in [-0.25, -0.2) is 4.37 Å². The normalized spacial score (nSPS) is 9.89. The van der Waals surface area contributed by atoms with Gasteiger partial charge in [-0.15, -0.1) is 0 Å². The highest BCUT2D eigenvalue weighted by Gasteiger charge is 1.89. The summed E-state index contributed by atoms with van der Waals surface area (Å²) in [4.78, 5) is 0. The number of aromatic nitrogens is 1. The molecule has 0 aliphatic heterocycles. The monoisotopic (exact) mass is 142 g/mol. The molecule has 0 radical (unpaired) electrons. The van der Waals surface area contributed by atoms with Gasteiger partial charge in [-0.05, 0) is 37.1 Å².